The molecule has 1 heterocycles. The number of likely N-dealkylation sites (tertiary alicyclic amines) is 1. The minimum absolute atomic E-state index is 0.0846. The summed E-state index contributed by atoms with van der Waals surface area (Å²) in [5, 5.41) is 18.8. The standard InChI is InChI=1S/C13H14N2O2/c1-2-12(17)15-7-10(8-15)13-9(6-14)4-3-5-11(13)16/h3-5,10,16H,2,7-8H2,1H3. The Balaban J connectivity index is 2.17. The van der Waals surface area contributed by atoms with E-state index in [0.717, 1.165) is 0 Å². The molecule has 1 aromatic rings. The maximum absolute atomic E-state index is 11.4. The van der Waals surface area contributed by atoms with E-state index in [-0.39, 0.29) is 17.6 Å². The number of phenols is 1. The van der Waals surface area contributed by atoms with Crippen LogP contribution in [-0.2, 0) is 4.79 Å². The van der Waals surface area contributed by atoms with Crippen LogP contribution in [0.4, 0.5) is 0 Å². The molecule has 1 aromatic carbocycles. The number of benzene rings is 1. The second-order valence-corrected chi connectivity index (χ2v) is 4.20. The number of carbonyl (C=O) groups excluding carboxylic acids is 1. The Morgan fingerprint density at radius 3 is 2.88 bits per heavy atom. The van der Waals surface area contributed by atoms with Gasteiger partial charge in [-0.2, -0.15) is 5.26 Å². The van der Waals surface area contributed by atoms with Crippen molar-refractivity contribution >= 4 is 5.91 Å². The summed E-state index contributed by atoms with van der Waals surface area (Å²) in [5.74, 6) is 0.356. The van der Waals surface area contributed by atoms with E-state index in [4.69, 9.17) is 5.26 Å². The molecule has 88 valence electrons. The molecule has 0 saturated carbocycles. The SMILES string of the molecule is CCC(=O)N1CC(c2c(O)cccc2C#N)C1. The quantitative estimate of drug-likeness (QED) is 0.839. The summed E-state index contributed by atoms with van der Waals surface area (Å²) in [4.78, 5) is 13.2. The van der Waals surface area contributed by atoms with Gasteiger partial charge in [0.15, 0.2) is 0 Å². The highest BCUT2D eigenvalue weighted by Gasteiger charge is 2.33. The van der Waals surface area contributed by atoms with E-state index in [1.54, 1.807) is 23.1 Å². The first kappa shape index (κ1) is 11.5. The fourth-order valence-corrected chi connectivity index (χ4v) is 2.17. The van der Waals surface area contributed by atoms with Crippen LogP contribution < -0.4 is 0 Å². The third-order valence-corrected chi connectivity index (χ3v) is 3.15. The first-order valence-electron chi connectivity index (χ1n) is 5.67. The first-order valence-corrected chi connectivity index (χ1v) is 5.67. The van der Waals surface area contributed by atoms with Crippen LogP contribution in [0.1, 0.15) is 30.4 Å². The molecule has 1 saturated heterocycles. The van der Waals surface area contributed by atoms with Gasteiger partial charge in [0, 0.05) is 31.0 Å². The monoisotopic (exact) mass is 230 g/mol. The Hall–Kier alpha value is -2.02. The molecule has 1 N–H and O–H groups in total. The minimum Gasteiger partial charge on any atom is -0.508 e. The highest BCUT2D eigenvalue weighted by Crippen LogP contribution is 2.35. The third-order valence-electron chi connectivity index (χ3n) is 3.15. The van der Waals surface area contributed by atoms with Crippen LogP contribution in [0.5, 0.6) is 5.75 Å². The summed E-state index contributed by atoms with van der Waals surface area (Å²) >= 11 is 0. The Kier molecular flexibility index (Phi) is 3.01. The van der Waals surface area contributed by atoms with Crippen molar-refractivity contribution in [3.63, 3.8) is 0 Å². The molecule has 0 aromatic heterocycles. The van der Waals surface area contributed by atoms with Gasteiger partial charge in [0.25, 0.3) is 0 Å². The number of hydrogen-bond acceptors (Lipinski definition) is 3. The van der Waals surface area contributed by atoms with Crippen LogP contribution in [-0.4, -0.2) is 29.0 Å². The van der Waals surface area contributed by atoms with Crippen molar-refractivity contribution in [2.45, 2.75) is 19.3 Å². The van der Waals surface area contributed by atoms with E-state index in [0.29, 0.717) is 30.6 Å². The first-order chi connectivity index (χ1) is 8.17. The smallest absolute Gasteiger partial charge is 0.222 e. The molecule has 0 unspecified atom stereocenters. The molecular weight excluding hydrogens is 216 g/mol. The van der Waals surface area contributed by atoms with E-state index in [1.165, 1.54) is 0 Å². The van der Waals surface area contributed by atoms with Gasteiger partial charge in [-0.3, -0.25) is 4.79 Å². The molecule has 17 heavy (non-hydrogen) atoms. The van der Waals surface area contributed by atoms with Gasteiger partial charge < -0.3 is 10.0 Å². The van der Waals surface area contributed by atoms with Crippen LogP contribution in [0.25, 0.3) is 0 Å². The average molecular weight is 230 g/mol. The molecular formula is C13H14N2O2. The lowest BCUT2D eigenvalue weighted by atomic mass is 9.87. The van der Waals surface area contributed by atoms with Crippen LogP contribution in [0.3, 0.4) is 0 Å². The van der Waals surface area contributed by atoms with Crippen molar-refractivity contribution in [2.24, 2.45) is 0 Å². The maximum Gasteiger partial charge on any atom is 0.222 e. The molecule has 0 spiro atoms. The molecule has 2 rings (SSSR count). The van der Waals surface area contributed by atoms with Gasteiger partial charge >= 0.3 is 0 Å². The van der Waals surface area contributed by atoms with Gasteiger partial charge in [-0.25, -0.2) is 0 Å². The highest BCUT2D eigenvalue weighted by molar-refractivity contribution is 5.77. The molecule has 1 aliphatic heterocycles. The van der Waals surface area contributed by atoms with Gasteiger partial charge in [-0.1, -0.05) is 13.0 Å². The third kappa shape index (κ3) is 1.96. The number of carbonyl (C=O) groups is 1. The summed E-state index contributed by atoms with van der Waals surface area (Å²) in [6.07, 6.45) is 0.499. The normalized spacial score (nSPS) is 15.2. The lowest BCUT2D eigenvalue weighted by molar-refractivity contribution is -0.135. The van der Waals surface area contributed by atoms with Gasteiger partial charge in [0.05, 0.1) is 11.6 Å². The molecule has 1 amide bonds. The molecule has 0 atom stereocenters. The zero-order valence-electron chi connectivity index (χ0n) is 9.68. The predicted molar refractivity (Wildman–Crippen MR) is 62.4 cm³/mol. The summed E-state index contributed by atoms with van der Waals surface area (Å²) < 4.78 is 0. The largest absolute Gasteiger partial charge is 0.508 e. The lowest BCUT2D eigenvalue weighted by Gasteiger charge is -2.40. The number of nitriles is 1. The van der Waals surface area contributed by atoms with Gasteiger partial charge in [-0.15, -0.1) is 0 Å². The van der Waals surface area contributed by atoms with E-state index < -0.39 is 0 Å². The predicted octanol–water partition coefficient (Wildman–Crippen LogP) is 1.60. The number of aromatic hydroxyl groups is 1. The summed E-state index contributed by atoms with van der Waals surface area (Å²) in [5.41, 5.74) is 1.17. The fraction of sp³-hybridized carbons (Fsp3) is 0.385. The minimum atomic E-state index is 0.0846. The Bertz CT molecular complexity index is 485. The fourth-order valence-electron chi connectivity index (χ4n) is 2.17. The van der Waals surface area contributed by atoms with Gasteiger partial charge in [0.1, 0.15) is 5.75 Å². The maximum atomic E-state index is 11.4. The Morgan fingerprint density at radius 2 is 2.29 bits per heavy atom. The van der Waals surface area contributed by atoms with Crippen LogP contribution in [0, 0.1) is 11.3 Å². The molecule has 0 aliphatic carbocycles. The van der Waals surface area contributed by atoms with E-state index in [9.17, 15) is 9.90 Å². The number of hydrogen-bond donors (Lipinski definition) is 1. The average Bonchev–Trinajstić information content (AvgIpc) is 2.28. The Labute approximate surface area is 100 Å². The summed E-state index contributed by atoms with van der Waals surface area (Å²) in [6.45, 7) is 3.02. The van der Waals surface area contributed by atoms with E-state index >= 15 is 0 Å². The number of amides is 1. The molecule has 4 heteroatoms. The van der Waals surface area contributed by atoms with Crippen molar-refractivity contribution in [3.8, 4) is 11.8 Å². The van der Waals surface area contributed by atoms with Crippen molar-refractivity contribution in [1.82, 2.24) is 4.90 Å². The van der Waals surface area contributed by atoms with Crippen molar-refractivity contribution in [3.05, 3.63) is 29.3 Å². The van der Waals surface area contributed by atoms with Crippen molar-refractivity contribution < 1.29 is 9.90 Å². The van der Waals surface area contributed by atoms with Gasteiger partial charge in [-0.05, 0) is 12.1 Å². The van der Waals surface area contributed by atoms with Crippen molar-refractivity contribution in [2.75, 3.05) is 13.1 Å². The molecule has 1 aliphatic rings. The second kappa shape index (κ2) is 4.46. The highest BCUT2D eigenvalue weighted by atomic mass is 16.3. The summed E-state index contributed by atoms with van der Waals surface area (Å²) in [6, 6.07) is 7.02. The zero-order chi connectivity index (χ0) is 12.4. The zero-order valence-corrected chi connectivity index (χ0v) is 9.68. The summed E-state index contributed by atoms with van der Waals surface area (Å²) in [7, 11) is 0. The number of phenolic OH excluding ortho intramolecular Hbond substituents is 1. The van der Waals surface area contributed by atoms with Crippen molar-refractivity contribution in [1.29, 1.82) is 5.26 Å². The Morgan fingerprint density at radius 1 is 1.59 bits per heavy atom. The van der Waals surface area contributed by atoms with Gasteiger partial charge in [0.2, 0.25) is 5.91 Å². The van der Waals surface area contributed by atoms with Crippen LogP contribution in [0.15, 0.2) is 18.2 Å². The topological polar surface area (TPSA) is 64.3 Å². The van der Waals surface area contributed by atoms with E-state index in [2.05, 4.69) is 6.07 Å². The molecule has 1 fully saturated rings. The molecule has 0 bridgehead atoms. The van der Waals surface area contributed by atoms with Crippen LogP contribution >= 0.6 is 0 Å². The van der Waals surface area contributed by atoms with E-state index in [1.807, 2.05) is 6.92 Å². The molecule has 4 nitrogen and oxygen atoms in total. The second-order valence-electron chi connectivity index (χ2n) is 4.20. The number of nitrogens with zero attached hydrogens (tertiary/aromatic N) is 2. The lowest BCUT2D eigenvalue weighted by Crippen LogP contribution is -2.48. The molecule has 0 radical (unpaired) electrons. The number of rotatable bonds is 2. The van der Waals surface area contributed by atoms with Crippen LogP contribution in [0.2, 0.25) is 0 Å².